The molecule has 0 saturated heterocycles. The number of alkyl halides is 2. The minimum Gasteiger partial charge on any atom is -0.488 e. The fourth-order valence-corrected chi connectivity index (χ4v) is 2.84. The highest BCUT2D eigenvalue weighted by Gasteiger charge is 2.19. The lowest BCUT2D eigenvalue weighted by Crippen LogP contribution is -2.23. The van der Waals surface area contributed by atoms with Crippen LogP contribution in [0, 0.1) is 6.92 Å². The number of benzene rings is 2. The number of tetrazole rings is 1. The molecule has 0 radical (unpaired) electrons. The molecule has 148 valence electrons. The Labute approximate surface area is 160 Å². The molecule has 1 aromatic heterocycles. The summed E-state index contributed by atoms with van der Waals surface area (Å²) in [4.78, 5) is 12.2. The van der Waals surface area contributed by atoms with Crippen LogP contribution in [0.25, 0.3) is 5.69 Å². The van der Waals surface area contributed by atoms with Crippen molar-refractivity contribution >= 4 is 0 Å². The number of rotatable bonds is 7. The summed E-state index contributed by atoms with van der Waals surface area (Å²) < 4.78 is 38.4. The maximum Gasteiger partial charge on any atom is 0.387 e. The first kappa shape index (κ1) is 19.5. The van der Waals surface area contributed by atoms with Gasteiger partial charge in [0.1, 0.15) is 18.1 Å². The molecule has 0 saturated carbocycles. The zero-order chi connectivity index (χ0) is 20.3. The molecule has 0 fully saturated rings. The number of ether oxygens (including phenoxy) is 2. The second kappa shape index (κ2) is 8.20. The number of halogens is 2. The van der Waals surface area contributed by atoms with Crippen LogP contribution in [0.15, 0.2) is 41.2 Å². The van der Waals surface area contributed by atoms with Crippen LogP contribution in [0.1, 0.15) is 23.6 Å². The van der Waals surface area contributed by atoms with Crippen molar-refractivity contribution in [3.05, 3.63) is 63.6 Å². The number of aromatic nitrogens is 4. The summed E-state index contributed by atoms with van der Waals surface area (Å²) in [5.41, 5.74) is 2.11. The van der Waals surface area contributed by atoms with Gasteiger partial charge < -0.3 is 9.47 Å². The molecule has 0 aliphatic rings. The van der Waals surface area contributed by atoms with E-state index in [1.165, 1.54) is 19.2 Å². The molecule has 3 aromatic rings. The van der Waals surface area contributed by atoms with Crippen LogP contribution >= 0.6 is 0 Å². The van der Waals surface area contributed by atoms with E-state index in [2.05, 4.69) is 15.2 Å². The summed E-state index contributed by atoms with van der Waals surface area (Å²) in [6.45, 7) is 0.878. The van der Waals surface area contributed by atoms with Crippen LogP contribution in [0.5, 0.6) is 11.5 Å². The van der Waals surface area contributed by atoms with Gasteiger partial charge in [-0.25, -0.2) is 4.79 Å². The Kier molecular flexibility index (Phi) is 5.72. The SMILES string of the molecule is CCc1cc(C)ccc1OCc1c(OC(F)F)cccc1-n1nnn(C)c1=O. The Morgan fingerprint density at radius 3 is 2.57 bits per heavy atom. The lowest BCUT2D eigenvalue weighted by Gasteiger charge is -2.16. The van der Waals surface area contributed by atoms with Crippen LogP contribution < -0.4 is 15.2 Å². The first-order chi connectivity index (χ1) is 13.4. The summed E-state index contributed by atoms with van der Waals surface area (Å²) >= 11 is 0. The van der Waals surface area contributed by atoms with E-state index in [4.69, 9.17) is 4.74 Å². The van der Waals surface area contributed by atoms with E-state index in [-0.39, 0.29) is 23.6 Å². The van der Waals surface area contributed by atoms with Gasteiger partial charge in [-0.15, -0.1) is 0 Å². The quantitative estimate of drug-likeness (QED) is 0.620. The summed E-state index contributed by atoms with van der Waals surface area (Å²) in [5, 5.41) is 7.45. The van der Waals surface area contributed by atoms with Gasteiger partial charge in [0.05, 0.1) is 11.3 Å². The molecule has 9 heteroatoms. The monoisotopic (exact) mass is 390 g/mol. The smallest absolute Gasteiger partial charge is 0.387 e. The zero-order valence-corrected chi connectivity index (χ0v) is 15.7. The Morgan fingerprint density at radius 2 is 1.93 bits per heavy atom. The molecule has 1 heterocycles. The van der Waals surface area contributed by atoms with Crippen molar-refractivity contribution in [1.82, 2.24) is 19.8 Å². The maximum atomic E-state index is 12.9. The number of hydrogen-bond acceptors (Lipinski definition) is 5. The third kappa shape index (κ3) is 4.03. The zero-order valence-electron chi connectivity index (χ0n) is 15.7. The molecule has 0 aliphatic heterocycles. The average molecular weight is 390 g/mol. The van der Waals surface area contributed by atoms with E-state index < -0.39 is 12.3 Å². The third-order valence-electron chi connectivity index (χ3n) is 4.24. The van der Waals surface area contributed by atoms with Crippen LogP contribution in [0.4, 0.5) is 8.78 Å². The van der Waals surface area contributed by atoms with Gasteiger partial charge in [0.2, 0.25) is 0 Å². The van der Waals surface area contributed by atoms with Crippen LogP contribution in [0.3, 0.4) is 0 Å². The largest absolute Gasteiger partial charge is 0.488 e. The van der Waals surface area contributed by atoms with Crippen molar-refractivity contribution in [1.29, 1.82) is 0 Å². The molecule has 0 bridgehead atoms. The lowest BCUT2D eigenvalue weighted by atomic mass is 10.1. The lowest BCUT2D eigenvalue weighted by molar-refractivity contribution is -0.0508. The molecule has 0 N–H and O–H groups in total. The van der Waals surface area contributed by atoms with E-state index >= 15 is 0 Å². The molecule has 0 aliphatic carbocycles. The summed E-state index contributed by atoms with van der Waals surface area (Å²) in [5.74, 6) is 0.549. The topological polar surface area (TPSA) is 71.2 Å². The van der Waals surface area contributed by atoms with Gasteiger partial charge in [0.15, 0.2) is 0 Å². The van der Waals surface area contributed by atoms with E-state index in [0.717, 1.165) is 26.9 Å². The average Bonchev–Trinajstić information content (AvgIpc) is 2.99. The molecular formula is C19H20F2N4O3. The molecule has 28 heavy (non-hydrogen) atoms. The van der Waals surface area contributed by atoms with Crippen molar-refractivity contribution in [2.24, 2.45) is 7.05 Å². The van der Waals surface area contributed by atoms with Gasteiger partial charge in [0, 0.05) is 7.05 Å². The third-order valence-corrected chi connectivity index (χ3v) is 4.24. The minimum absolute atomic E-state index is 0.0860. The van der Waals surface area contributed by atoms with Crippen molar-refractivity contribution in [3.63, 3.8) is 0 Å². The van der Waals surface area contributed by atoms with Crippen LogP contribution in [-0.2, 0) is 20.1 Å². The van der Waals surface area contributed by atoms with Gasteiger partial charge in [-0.1, -0.05) is 30.7 Å². The summed E-state index contributed by atoms with van der Waals surface area (Å²) in [6, 6.07) is 10.2. The van der Waals surface area contributed by atoms with Crippen molar-refractivity contribution in [2.45, 2.75) is 33.5 Å². The van der Waals surface area contributed by atoms with E-state index in [1.807, 2.05) is 32.0 Å². The van der Waals surface area contributed by atoms with E-state index in [9.17, 15) is 13.6 Å². The highest BCUT2D eigenvalue weighted by atomic mass is 19.3. The van der Waals surface area contributed by atoms with E-state index in [0.29, 0.717) is 5.75 Å². The summed E-state index contributed by atoms with van der Waals surface area (Å²) in [6.07, 6.45) is 0.753. The number of nitrogens with zero attached hydrogens (tertiary/aromatic N) is 4. The highest BCUT2D eigenvalue weighted by molar-refractivity contribution is 5.49. The van der Waals surface area contributed by atoms with Crippen molar-refractivity contribution in [2.75, 3.05) is 0 Å². The molecule has 3 rings (SSSR count). The molecule has 0 amide bonds. The van der Waals surface area contributed by atoms with Gasteiger partial charge in [-0.2, -0.15) is 18.1 Å². The highest BCUT2D eigenvalue weighted by Crippen LogP contribution is 2.29. The van der Waals surface area contributed by atoms with Crippen molar-refractivity contribution in [3.8, 4) is 17.2 Å². The van der Waals surface area contributed by atoms with Gasteiger partial charge in [-0.05, 0) is 47.5 Å². The first-order valence-corrected chi connectivity index (χ1v) is 8.69. The molecule has 7 nitrogen and oxygen atoms in total. The number of aryl methyl sites for hydroxylation is 3. The van der Waals surface area contributed by atoms with Gasteiger partial charge in [0.25, 0.3) is 0 Å². The Hall–Kier alpha value is -3.23. The second-order valence-corrected chi connectivity index (χ2v) is 6.18. The molecular weight excluding hydrogens is 370 g/mol. The Morgan fingerprint density at radius 1 is 1.14 bits per heavy atom. The standard InChI is InChI=1S/C19H20F2N4O3/c1-4-13-10-12(2)8-9-16(13)27-11-14-15(25-19(26)24(3)22-23-25)6-5-7-17(14)28-18(20)21/h5-10,18H,4,11H2,1-3H3. The fourth-order valence-electron chi connectivity index (χ4n) is 2.84. The second-order valence-electron chi connectivity index (χ2n) is 6.18. The van der Waals surface area contributed by atoms with Gasteiger partial charge in [-0.3, -0.25) is 0 Å². The Balaban J connectivity index is 2.02. The first-order valence-electron chi connectivity index (χ1n) is 8.69. The van der Waals surface area contributed by atoms with Gasteiger partial charge >= 0.3 is 12.3 Å². The minimum atomic E-state index is -3.02. The molecule has 0 unspecified atom stereocenters. The molecule has 2 aromatic carbocycles. The van der Waals surface area contributed by atoms with Crippen LogP contribution in [0.2, 0.25) is 0 Å². The maximum absolute atomic E-state index is 12.9. The predicted octanol–water partition coefficient (Wildman–Crippen LogP) is 3.02. The summed E-state index contributed by atoms with van der Waals surface area (Å²) in [7, 11) is 1.45. The molecule has 0 atom stereocenters. The fraction of sp³-hybridized carbons (Fsp3) is 0.316. The van der Waals surface area contributed by atoms with E-state index in [1.54, 1.807) is 6.07 Å². The Bertz CT molecular complexity index is 1030. The van der Waals surface area contributed by atoms with Crippen molar-refractivity contribution < 1.29 is 18.3 Å². The van der Waals surface area contributed by atoms with Crippen LogP contribution in [-0.4, -0.2) is 26.4 Å². The number of hydrogen-bond donors (Lipinski definition) is 0. The predicted molar refractivity (Wildman–Crippen MR) is 98.1 cm³/mol. The molecule has 0 spiro atoms. The normalized spacial score (nSPS) is 11.1.